The van der Waals surface area contributed by atoms with Gasteiger partial charge in [0, 0.05) is 0 Å². The highest BCUT2D eigenvalue weighted by Crippen LogP contribution is 2.51. The van der Waals surface area contributed by atoms with Crippen molar-refractivity contribution >= 4 is 0 Å². The molecule has 0 bridgehead atoms. The molecule has 2 rings (SSSR count). The van der Waals surface area contributed by atoms with E-state index in [9.17, 15) is 5.11 Å². The van der Waals surface area contributed by atoms with Gasteiger partial charge >= 0.3 is 0 Å². The third kappa shape index (κ3) is 1.11. The van der Waals surface area contributed by atoms with Crippen molar-refractivity contribution in [3.05, 3.63) is 12.7 Å². The van der Waals surface area contributed by atoms with Crippen molar-refractivity contribution in [2.45, 2.75) is 44.1 Å². The molecule has 68 valence electrons. The molecule has 1 N–H and O–H groups in total. The lowest BCUT2D eigenvalue weighted by Crippen LogP contribution is -2.51. The van der Waals surface area contributed by atoms with Gasteiger partial charge in [-0.05, 0) is 31.1 Å². The zero-order chi connectivity index (χ0) is 8.60. The molecule has 0 spiro atoms. The molecule has 0 aromatic carbocycles. The SMILES string of the molecule is C=CC1(O)C[C@@H]2CCCCC[C@@H]21. The Hall–Kier alpha value is -0.300. The lowest BCUT2D eigenvalue weighted by molar-refractivity contribution is -0.103. The maximum atomic E-state index is 10.0. The summed E-state index contributed by atoms with van der Waals surface area (Å²) in [5, 5.41) is 10.0. The van der Waals surface area contributed by atoms with Crippen LogP contribution in [0.25, 0.3) is 0 Å². The summed E-state index contributed by atoms with van der Waals surface area (Å²) in [6.45, 7) is 3.73. The number of aliphatic hydroxyl groups is 1. The Labute approximate surface area is 74.5 Å². The fourth-order valence-electron chi connectivity index (χ4n) is 2.93. The summed E-state index contributed by atoms with van der Waals surface area (Å²) in [7, 11) is 0. The zero-order valence-corrected chi connectivity index (χ0v) is 7.63. The maximum Gasteiger partial charge on any atom is 0.0858 e. The normalized spacial score (nSPS) is 47.1. The summed E-state index contributed by atoms with van der Waals surface area (Å²) in [6, 6.07) is 0. The predicted octanol–water partition coefficient (Wildman–Crippen LogP) is 2.50. The molecule has 0 radical (unpaired) electrons. The van der Waals surface area contributed by atoms with Crippen molar-refractivity contribution in [3.8, 4) is 0 Å². The van der Waals surface area contributed by atoms with E-state index in [1.807, 2.05) is 0 Å². The van der Waals surface area contributed by atoms with Gasteiger partial charge in [0.2, 0.25) is 0 Å². The summed E-state index contributed by atoms with van der Waals surface area (Å²) in [6.07, 6.45) is 9.32. The van der Waals surface area contributed by atoms with E-state index in [2.05, 4.69) is 6.58 Å². The van der Waals surface area contributed by atoms with E-state index >= 15 is 0 Å². The Bertz CT molecular complexity index is 187. The van der Waals surface area contributed by atoms with Crippen LogP contribution in [0, 0.1) is 11.8 Å². The minimum atomic E-state index is -0.491. The van der Waals surface area contributed by atoms with E-state index in [0.717, 1.165) is 12.3 Å². The molecule has 0 aromatic heterocycles. The summed E-state index contributed by atoms with van der Waals surface area (Å²) < 4.78 is 0. The molecule has 12 heavy (non-hydrogen) atoms. The van der Waals surface area contributed by atoms with Crippen molar-refractivity contribution in [1.82, 2.24) is 0 Å². The maximum absolute atomic E-state index is 10.0. The van der Waals surface area contributed by atoms with Gasteiger partial charge in [-0.2, -0.15) is 0 Å². The lowest BCUT2D eigenvalue weighted by Gasteiger charge is -2.50. The van der Waals surface area contributed by atoms with Crippen LogP contribution < -0.4 is 0 Å². The number of hydrogen-bond acceptors (Lipinski definition) is 1. The topological polar surface area (TPSA) is 20.2 Å². The molecule has 2 aliphatic rings. The van der Waals surface area contributed by atoms with Crippen LogP contribution in [0.5, 0.6) is 0 Å². The van der Waals surface area contributed by atoms with Gasteiger partial charge in [0.15, 0.2) is 0 Å². The van der Waals surface area contributed by atoms with Crippen LogP contribution in [0.15, 0.2) is 12.7 Å². The molecule has 2 aliphatic carbocycles. The van der Waals surface area contributed by atoms with Gasteiger partial charge in [-0.1, -0.05) is 25.3 Å². The summed E-state index contributed by atoms with van der Waals surface area (Å²) in [5.41, 5.74) is -0.491. The Balaban J connectivity index is 2.05. The minimum Gasteiger partial charge on any atom is -0.385 e. The third-order valence-electron chi connectivity index (χ3n) is 3.74. The average molecular weight is 166 g/mol. The first kappa shape index (κ1) is 8.31. The third-order valence-corrected chi connectivity index (χ3v) is 3.74. The van der Waals surface area contributed by atoms with E-state index in [4.69, 9.17) is 0 Å². The Kier molecular flexibility index (Phi) is 1.99. The second kappa shape index (κ2) is 2.88. The smallest absolute Gasteiger partial charge is 0.0858 e. The Morgan fingerprint density at radius 1 is 1.25 bits per heavy atom. The van der Waals surface area contributed by atoms with Gasteiger partial charge in [-0.15, -0.1) is 6.58 Å². The van der Waals surface area contributed by atoms with Gasteiger partial charge in [0.25, 0.3) is 0 Å². The second-order valence-corrected chi connectivity index (χ2v) is 4.40. The lowest BCUT2D eigenvalue weighted by atomic mass is 9.59. The molecular formula is C11H18O. The fourth-order valence-corrected chi connectivity index (χ4v) is 2.93. The van der Waals surface area contributed by atoms with Crippen LogP contribution in [0.3, 0.4) is 0 Å². The molecule has 3 atom stereocenters. The fraction of sp³-hybridized carbons (Fsp3) is 0.818. The zero-order valence-electron chi connectivity index (χ0n) is 7.63. The van der Waals surface area contributed by atoms with E-state index in [1.54, 1.807) is 6.08 Å². The van der Waals surface area contributed by atoms with Gasteiger partial charge in [0.05, 0.1) is 5.60 Å². The molecule has 0 heterocycles. The molecule has 0 aliphatic heterocycles. The van der Waals surface area contributed by atoms with Crippen molar-refractivity contribution in [2.75, 3.05) is 0 Å². The Morgan fingerprint density at radius 3 is 2.75 bits per heavy atom. The van der Waals surface area contributed by atoms with Gasteiger partial charge in [-0.25, -0.2) is 0 Å². The summed E-state index contributed by atoms with van der Waals surface area (Å²) >= 11 is 0. The van der Waals surface area contributed by atoms with Crippen molar-refractivity contribution in [1.29, 1.82) is 0 Å². The highest BCUT2D eigenvalue weighted by Gasteiger charge is 2.50. The molecule has 0 amide bonds. The van der Waals surface area contributed by atoms with Gasteiger partial charge < -0.3 is 5.11 Å². The van der Waals surface area contributed by atoms with Crippen LogP contribution in [0.4, 0.5) is 0 Å². The number of rotatable bonds is 1. The molecule has 2 fully saturated rings. The van der Waals surface area contributed by atoms with Gasteiger partial charge in [-0.3, -0.25) is 0 Å². The molecule has 0 aromatic rings. The first-order chi connectivity index (χ1) is 5.76. The van der Waals surface area contributed by atoms with Crippen LogP contribution in [-0.4, -0.2) is 10.7 Å². The first-order valence-electron chi connectivity index (χ1n) is 5.12. The van der Waals surface area contributed by atoms with Crippen LogP contribution in [-0.2, 0) is 0 Å². The summed E-state index contributed by atoms with van der Waals surface area (Å²) in [5.74, 6) is 1.34. The van der Waals surface area contributed by atoms with Crippen molar-refractivity contribution in [3.63, 3.8) is 0 Å². The molecule has 1 nitrogen and oxygen atoms in total. The van der Waals surface area contributed by atoms with Crippen LogP contribution in [0.1, 0.15) is 38.5 Å². The minimum absolute atomic E-state index is 0.491. The van der Waals surface area contributed by atoms with Crippen molar-refractivity contribution in [2.24, 2.45) is 11.8 Å². The molecule has 0 saturated heterocycles. The second-order valence-electron chi connectivity index (χ2n) is 4.40. The van der Waals surface area contributed by atoms with Gasteiger partial charge in [0.1, 0.15) is 0 Å². The molecule has 1 unspecified atom stereocenters. The summed E-state index contributed by atoms with van der Waals surface area (Å²) in [4.78, 5) is 0. The predicted molar refractivity (Wildman–Crippen MR) is 49.8 cm³/mol. The van der Waals surface area contributed by atoms with Crippen molar-refractivity contribution < 1.29 is 5.11 Å². The molecular weight excluding hydrogens is 148 g/mol. The largest absolute Gasteiger partial charge is 0.385 e. The van der Waals surface area contributed by atoms with Crippen LogP contribution in [0.2, 0.25) is 0 Å². The van der Waals surface area contributed by atoms with E-state index in [0.29, 0.717) is 5.92 Å². The van der Waals surface area contributed by atoms with E-state index in [1.165, 1.54) is 32.1 Å². The highest BCUT2D eigenvalue weighted by atomic mass is 16.3. The first-order valence-corrected chi connectivity index (χ1v) is 5.12. The molecule has 1 heteroatoms. The Morgan fingerprint density at radius 2 is 2.00 bits per heavy atom. The highest BCUT2D eigenvalue weighted by molar-refractivity contribution is 5.11. The van der Waals surface area contributed by atoms with E-state index < -0.39 is 5.60 Å². The number of fused-ring (bicyclic) bond motifs is 1. The van der Waals surface area contributed by atoms with Crippen LogP contribution >= 0.6 is 0 Å². The molecule has 2 saturated carbocycles. The standard InChI is InChI=1S/C11H18O/c1-2-11(12)8-9-6-4-3-5-7-10(9)11/h2,9-10,12H,1,3-8H2/t9-,10-,11?/m0/s1. The quantitative estimate of drug-likeness (QED) is 0.593. The average Bonchev–Trinajstić information content (AvgIpc) is 2.26. The number of hydrogen-bond donors (Lipinski definition) is 1. The monoisotopic (exact) mass is 166 g/mol. The van der Waals surface area contributed by atoms with E-state index in [-0.39, 0.29) is 0 Å².